The van der Waals surface area contributed by atoms with E-state index in [1.54, 1.807) is 41.3 Å². The van der Waals surface area contributed by atoms with Crippen molar-refractivity contribution in [3.8, 4) is 0 Å². The Balaban J connectivity index is 1.56. The van der Waals surface area contributed by atoms with E-state index in [-0.39, 0.29) is 33.9 Å². The Labute approximate surface area is 163 Å². The Morgan fingerprint density at radius 3 is 2.41 bits per heavy atom. The van der Waals surface area contributed by atoms with E-state index in [2.05, 4.69) is 4.72 Å². The van der Waals surface area contributed by atoms with Gasteiger partial charge in [0.1, 0.15) is 5.82 Å². The molecule has 1 fully saturated rings. The summed E-state index contributed by atoms with van der Waals surface area (Å²) in [6, 6.07) is 12.3. The van der Waals surface area contributed by atoms with Crippen molar-refractivity contribution >= 4 is 27.5 Å². The van der Waals surface area contributed by atoms with Gasteiger partial charge < -0.3 is 4.90 Å². The Morgan fingerprint density at radius 2 is 1.78 bits per heavy atom. The van der Waals surface area contributed by atoms with Gasteiger partial charge in [-0.15, -0.1) is 0 Å². The lowest BCUT2D eigenvalue weighted by Crippen LogP contribution is -2.46. The fourth-order valence-corrected chi connectivity index (χ4v) is 4.65. The number of carbonyl (C=O) groups is 1. The molecular weight excluding hydrogens is 391 g/mol. The number of sulfonamides is 1. The van der Waals surface area contributed by atoms with Gasteiger partial charge in [0.2, 0.25) is 15.9 Å². The summed E-state index contributed by atoms with van der Waals surface area (Å²) in [4.78, 5) is 14.3. The maximum Gasteiger partial charge on any atom is 0.240 e. The molecule has 0 saturated carbocycles. The number of hydrogen-bond donors (Lipinski definition) is 1. The quantitative estimate of drug-likeness (QED) is 0.824. The average Bonchev–Trinajstić information content (AvgIpc) is 2.66. The third kappa shape index (κ3) is 4.86. The highest BCUT2D eigenvalue weighted by Gasteiger charge is 2.27. The van der Waals surface area contributed by atoms with Crippen molar-refractivity contribution in [1.29, 1.82) is 0 Å². The van der Waals surface area contributed by atoms with Gasteiger partial charge in [-0.3, -0.25) is 4.79 Å². The van der Waals surface area contributed by atoms with Gasteiger partial charge in [-0.25, -0.2) is 17.5 Å². The van der Waals surface area contributed by atoms with Crippen LogP contribution in [0.4, 0.5) is 4.39 Å². The number of piperidine rings is 1. The predicted molar refractivity (Wildman–Crippen MR) is 101 cm³/mol. The molecule has 0 aromatic heterocycles. The molecule has 1 saturated heterocycles. The molecule has 2 aromatic carbocycles. The van der Waals surface area contributed by atoms with Crippen LogP contribution in [0.3, 0.4) is 0 Å². The fraction of sp³-hybridized carbons (Fsp3) is 0.316. The number of nitrogens with one attached hydrogen (secondary N) is 1. The summed E-state index contributed by atoms with van der Waals surface area (Å²) in [5.74, 6) is -0.715. The largest absolute Gasteiger partial charge is 0.342 e. The minimum atomic E-state index is -3.58. The van der Waals surface area contributed by atoms with Crippen LogP contribution in [-0.4, -0.2) is 38.4 Å². The molecule has 0 aliphatic carbocycles. The van der Waals surface area contributed by atoms with E-state index in [4.69, 9.17) is 11.6 Å². The molecule has 1 amide bonds. The molecule has 0 unspecified atom stereocenters. The second-order valence-electron chi connectivity index (χ2n) is 6.47. The highest BCUT2D eigenvalue weighted by atomic mass is 35.5. The van der Waals surface area contributed by atoms with E-state index < -0.39 is 15.8 Å². The van der Waals surface area contributed by atoms with Gasteiger partial charge in [0, 0.05) is 29.7 Å². The Kier molecular flexibility index (Phi) is 6.14. The van der Waals surface area contributed by atoms with Crippen molar-refractivity contribution in [3.05, 3.63) is 64.9 Å². The van der Waals surface area contributed by atoms with Crippen molar-refractivity contribution in [1.82, 2.24) is 9.62 Å². The smallest absolute Gasteiger partial charge is 0.240 e. The molecule has 8 heteroatoms. The van der Waals surface area contributed by atoms with Crippen molar-refractivity contribution in [2.24, 2.45) is 0 Å². The van der Waals surface area contributed by atoms with Crippen LogP contribution < -0.4 is 4.72 Å². The van der Waals surface area contributed by atoms with Gasteiger partial charge in [0.05, 0.1) is 11.3 Å². The first-order valence-electron chi connectivity index (χ1n) is 8.65. The van der Waals surface area contributed by atoms with Crippen molar-refractivity contribution in [2.45, 2.75) is 30.2 Å². The molecule has 1 N–H and O–H groups in total. The minimum absolute atomic E-state index is 0.105. The SMILES string of the molecule is O=C(Cc1c(F)cccc1Cl)N1CCC(NS(=O)(=O)c2ccccc2)CC1. The van der Waals surface area contributed by atoms with Crippen molar-refractivity contribution in [3.63, 3.8) is 0 Å². The molecule has 3 rings (SSSR count). The molecule has 1 aliphatic heterocycles. The zero-order chi connectivity index (χ0) is 19.4. The lowest BCUT2D eigenvalue weighted by atomic mass is 10.0. The van der Waals surface area contributed by atoms with Crippen LogP contribution in [0.1, 0.15) is 18.4 Å². The molecular formula is C19H20ClFN2O3S. The third-order valence-corrected chi connectivity index (χ3v) is 6.50. The normalized spacial score (nSPS) is 15.7. The van der Waals surface area contributed by atoms with E-state index in [1.165, 1.54) is 12.1 Å². The van der Waals surface area contributed by atoms with E-state index in [0.29, 0.717) is 25.9 Å². The molecule has 0 bridgehead atoms. The summed E-state index contributed by atoms with van der Waals surface area (Å²) in [6.07, 6.45) is 0.900. The molecule has 0 radical (unpaired) electrons. The highest BCUT2D eigenvalue weighted by molar-refractivity contribution is 7.89. The molecule has 27 heavy (non-hydrogen) atoms. The summed E-state index contributed by atoms with van der Waals surface area (Å²) >= 11 is 5.98. The molecule has 1 aliphatic rings. The second kappa shape index (κ2) is 8.37. The van der Waals surface area contributed by atoms with Crippen LogP contribution in [0.25, 0.3) is 0 Å². The monoisotopic (exact) mass is 410 g/mol. The number of amides is 1. The van der Waals surface area contributed by atoms with E-state index in [1.807, 2.05) is 0 Å². The van der Waals surface area contributed by atoms with Gasteiger partial charge in [-0.2, -0.15) is 0 Å². The zero-order valence-corrected chi connectivity index (χ0v) is 16.1. The summed E-state index contributed by atoms with van der Waals surface area (Å²) < 4.78 is 41.3. The topological polar surface area (TPSA) is 66.5 Å². The van der Waals surface area contributed by atoms with Crippen LogP contribution in [0, 0.1) is 5.82 Å². The van der Waals surface area contributed by atoms with Gasteiger partial charge in [0.25, 0.3) is 0 Å². The van der Waals surface area contributed by atoms with Crippen LogP contribution >= 0.6 is 11.6 Å². The van der Waals surface area contributed by atoms with Gasteiger partial charge >= 0.3 is 0 Å². The van der Waals surface area contributed by atoms with Crippen LogP contribution in [0.5, 0.6) is 0 Å². The number of likely N-dealkylation sites (tertiary alicyclic amines) is 1. The lowest BCUT2D eigenvalue weighted by molar-refractivity contribution is -0.131. The van der Waals surface area contributed by atoms with Crippen LogP contribution in [0.15, 0.2) is 53.4 Å². The number of rotatable bonds is 5. The second-order valence-corrected chi connectivity index (χ2v) is 8.59. The maximum atomic E-state index is 13.9. The van der Waals surface area contributed by atoms with Crippen molar-refractivity contribution < 1.29 is 17.6 Å². The molecule has 1 heterocycles. The maximum absolute atomic E-state index is 13.9. The minimum Gasteiger partial charge on any atom is -0.342 e. The van der Waals surface area contributed by atoms with E-state index in [9.17, 15) is 17.6 Å². The summed E-state index contributed by atoms with van der Waals surface area (Å²) in [7, 11) is -3.58. The van der Waals surface area contributed by atoms with Gasteiger partial charge in [0.15, 0.2) is 0 Å². The average molecular weight is 411 g/mol. The van der Waals surface area contributed by atoms with Gasteiger partial charge in [-0.1, -0.05) is 35.9 Å². The Morgan fingerprint density at radius 1 is 1.11 bits per heavy atom. The zero-order valence-electron chi connectivity index (χ0n) is 14.6. The van der Waals surface area contributed by atoms with E-state index in [0.717, 1.165) is 0 Å². The fourth-order valence-electron chi connectivity index (χ4n) is 3.10. The van der Waals surface area contributed by atoms with E-state index >= 15 is 0 Å². The predicted octanol–water partition coefficient (Wildman–Crippen LogP) is 2.99. The van der Waals surface area contributed by atoms with Crippen molar-refractivity contribution in [2.75, 3.05) is 13.1 Å². The lowest BCUT2D eigenvalue weighted by Gasteiger charge is -2.32. The first-order valence-corrected chi connectivity index (χ1v) is 10.5. The summed E-state index contributed by atoms with van der Waals surface area (Å²) in [5.41, 5.74) is 0.191. The molecule has 0 spiro atoms. The Bertz CT molecular complexity index is 894. The number of halogens is 2. The highest BCUT2D eigenvalue weighted by Crippen LogP contribution is 2.21. The standard InChI is InChI=1S/C19H20ClFN2O3S/c20-17-7-4-8-18(21)16(17)13-19(24)23-11-9-14(10-12-23)22-27(25,26)15-5-2-1-3-6-15/h1-8,14,22H,9-13H2. The molecule has 5 nitrogen and oxygen atoms in total. The van der Waals surface area contributed by atoms with Crippen LogP contribution in [-0.2, 0) is 21.2 Å². The number of hydrogen-bond acceptors (Lipinski definition) is 3. The first kappa shape index (κ1) is 19.8. The number of carbonyl (C=O) groups excluding carboxylic acids is 1. The summed E-state index contributed by atoms with van der Waals surface area (Å²) in [6.45, 7) is 0.819. The number of benzene rings is 2. The Hall–Kier alpha value is -1.96. The number of nitrogens with zero attached hydrogens (tertiary/aromatic N) is 1. The molecule has 144 valence electrons. The third-order valence-electron chi connectivity index (χ3n) is 4.61. The van der Waals surface area contributed by atoms with Gasteiger partial charge in [-0.05, 0) is 37.1 Å². The molecule has 0 atom stereocenters. The molecule has 2 aromatic rings. The summed E-state index contributed by atoms with van der Waals surface area (Å²) in [5, 5.41) is 0.230. The first-order chi connectivity index (χ1) is 12.9. The van der Waals surface area contributed by atoms with Crippen LogP contribution in [0.2, 0.25) is 5.02 Å².